The van der Waals surface area contributed by atoms with Gasteiger partial charge in [0.1, 0.15) is 6.54 Å². The number of nitrogens with zero attached hydrogens (tertiary/aromatic N) is 4. The van der Waals surface area contributed by atoms with Gasteiger partial charge in [-0.25, -0.2) is 0 Å². The predicted molar refractivity (Wildman–Crippen MR) is 83.1 cm³/mol. The summed E-state index contributed by atoms with van der Waals surface area (Å²) >= 11 is 0. The van der Waals surface area contributed by atoms with Crippen LogP contribution in [0.1, 0.15) is 5.56 Å². The van der Waals surface area contributed by atoms with Crippen LogP contribution in [0, 0.1) is 6.92 Å². The van der Waals surface area contributed by atoms with Gasteiger partial charge in [-0.2, -0.15) is 4.80 Å². The van der Waals surface area contributed by atoms with Crippen LogP contribution in [0.4, 0.5) is 5.69 Å². The van der Waals surface area contributed by atoms with Gasteiger partial charge in [-0.15, -0.1) is 10.2 Å². The van der Waals surface area contributed by atoms with Gasteiger partial charge in [0.15, 0.2) is 0 Å². The highest BCUT2D eigenvalue weighted by molar-refractivity contribution is 5.90. The first-order chi connectivity index (χ1) is 10.7. The van der Waals surface area contributed by atoms with Gasteiger partial charge in [0.2, 0.25) is 11.7 Å². The first-order valence-corrected chi connectivity index (χ1v) is 6.91. The molecule has 0 aliphatic carbocycles. The molecule has 3 rings (SSSR count). The van der Waals surface area contributed by atoms with E-state index in [2.05, 4.69) is 20.7 Å². The number of anilines is 1. The van der Waals surface area contributed by atoms with Gasteiger partial charge in [-0.05, 0) is 29.8 Å². The SMILES string of the molecule is Cc1ccccc1-c1nnn(CC(=O)Nc2ccccc2)n1. The minimum Gasteiger partial charge on any atom is -0.324 e. The molecule has 0 unspecified atom stereocenters. The molecule has 22 heavy (non-hydrogen) atoms. The quantitative estimate of drug-likeness (QED) is 0.801. The number of nitrogens with one attached hydrogen (secondary N) is 1. The molecular weight excluding hydrogens is 278 g/mol. The number of para-hydroxylation sites is 1. The van der Waals surface area contributed by atoms with Gasteiger partial charge < -0.3 is 5.32 Å². The van der Waals surface area contributed by atoms with Crippen LogP contribution >= 0.6 is 0 Å². The molecule has 1 N–H and O–H groups in total. The Kier molecular flexibility index (Phi) is 3.91. The lowest BCUT2D eigenvalue weighted by atomic mass is 10.1. The van der Waals surface area contributed by atoms with Crippen LogP contribution in [0.5, 0.6) is 0 Å². The molecule has 0 aliphatic heterocycles. The largest absolute Gasteiger partial charge is 0.324 e. The summed E-state index contributed by atoms with van der Waals surface area (Å²) in [5, 5.41) is 15.0. The van der Waals surface area contributed by atoms with Crippen molar-refractivity contribution in [2.45, 2.75) is 13.5 Å². The number of aromatic nitrogens is 4. The van der Waals surface area contributed by atoms with Crippen molar-refractivity contribution in [2.75, 3.05) is 5.32 Å². The number of hydrogen-bond acceptors (Lipinski definition) is 4. The van der Waals surface area contributed by atoms with Gasteiger partial charge in [-0.3, -0.25) is 4.79 Å². The Hall–Kier alpha value is -3.02. The zero-order chi connectivity index (χ0) is 15.4. The average Bonchev–Trinajstić information content (AvgIpc) is 2.97. The van der Waals surface area contributed by atoms with E-state index in [0.29, 0.717) is 5.82 Å². The summed E-state index contributed by atoms with van der Waals surface area (Å²) in [4.78, 5) is 13.2. The molecule has 3 aromatic rings. The van der Waals surface area contributed by atoms with Crippen LogP contribution in [0.15, 0.2) is 54.6 Å². The molecular formula is C16H15N5O. The lowest BCUT2D eigenvalue weighted by molar-refractivity contribution is -0.117. The third-order valence-electron chi connectivity index (χ3n) is 3.18. The first-order valence-electron chi connectivity index (χ1n) is 6.91. The summed E-state index contributed by atoms with van der Waals surface area (Å²) in [5.41, 5.74) is 2.72. The van der Waals surface area contributed by atoms with E-state index < -0.39 is 0 Å². The molecule has 0 fully saturated rings. The number of aryl methyl sites for hydroxylation is 1. The Balaban J connectivity index is 1.70. The van der Waals surface area contributed by atoms with Crippen molar-refractivity contribution in [1.82, 2.24) is 20.2 Å². The zero-order valence-corrected chi connectivity index (χ0v) is 12.1. The fourth-order valence-electron chi connectivity index (χ4n) is 2.09. The summed E-state index contributed by atoms with van der Waals surface area (Å²) < 4.78 is 0. The van der Waals surface area contributed by atoms with Crippen molar-refractivity contribution in [3.63, 3.8) is 0 Å². The van der Waals surface area contributed by atoms with Crippen LogP contribution in [-0.2, 0) is 11.3 Å². The minimum absolute atomic E-state index is 0.0216. The van der Waals surface area contributed by atoms with Crippen molar-refractivity contribution in [3.8, 4) is 11.4 Å². The van der Waals surface area contributed by atoms with E-state index in [-0.39, 0.29) is 12.5 Å². The molecule has 2 aromatic carbocycles. The van der Waals surface area contributed by atoms with Crippen LogP contribution in [0.3, 0.4) is 0 Å². The maximum atomic E-state index is 12.0. The molecule has 6 nitrogen and oxygen atoms in total. The van der Waals surface area contributed by atoms with Crippen LogP contribution in [0.25, 0.3) is 11.4 Å². The fraction of sp³-hybridized carbons (Fsp3) is 0.125. The molecule has 1 aromatic heterocycles. The molecule has 110 valence electrons. The Morgan fingerprint density at radius 2 is 1.82 bits per heavy atom. The van der Waals surface area contributed by atoms with Crippen molar-refractivity contribution >= 4 is 11.6 Å². The number of rotatable bonds is 4. The van der Waals surface area contributed by atoms with Gasteiger partial charge >= 0.3 is 0 Å². The molecule has 0 saturated heterocycles. The Morgan fingerprint density at radius 3 is 2.59 bits per heavy atom. The smallest absolute Gasteiger partial charge is 0.248 e. The molecule has 0 aliphatic rings. The topological polar surface area (TPSA) is 72.7 Å². The summed E-state index contributed by atoms with van der Waals surface area (Å²) in [7, 11) is 0. The Bertz CT molecular complexity index is 782. The molecule has 0 saturated carbocycles. The Labute approximate surface area is 127 Å². The number of carbonyl (C=O) groups excluding carboxylic acids is 1. The van der Waals surface area contributed by atoms with Gasteiger partial charge in [0.05, 0.1) is 0 Å². The van der Waals surface area contributed by atoms with Crippen LogP contribution < -0.4 is 5.32 Å². The normalized spacial score (nSPS) is 10.4. The zero-order valence-electron chi connectivity index (χ0n) is 12.1. The third-order valence-corrected chi connectivity index (χ3v) is 3.18. The maximum absolute atomic E-state index is 12.0. The predicted octanol–water partition coefficient (Wildman–Crippen LogP) is 2.29. The van der Waals surface area contributed by atoms with E-state index in [1.54, 1.807) is 0 Å². The molecule has 0 bridgehead atoms. The molecule has 0 radical (unpaired) electrons. The number of tetrazole rings is 1. The second-order valence-electron chi connectivity index (χ2n) is 4.87. The molecule has 0 spiro atoms. The summed E-state index contributed by atoms with van der Waals surface area (Å²) in [5.74, 6) is 0.325. The van der Waals surface area contributed by atoms with Crippen LogP contribution in [-0.4, -0.2) is 26.1 Å². The summed E-state index contributed by atoms with van der Waals surface area (Å²) in [6.45, 7) is 2.01. The fourth-order valence-corrected chi connectivity index (χ4v) is 2.09. The van der Waals surface area contributed by atoms with Crippen molar-refractivity contribution in [3.05, 3.63) is 60.2 Å². The van der Waals surface area contributed by atoms with E-state index >= 15 is 0 Å². The minimum atomic E-state index is -0.195. The first kappa shape index (κ1) is 13.9. The number of amides is 1. The Morgan fingerprint density at radius 1 is 1.09 bits per heavy atom. The second kappa shape index (κ2) is 6.17. The highest BCUT2D eigenvalue weighted by Crippen LogP contribution is 2.17. The summed E-state index contributed by atoms with van der Waals surface area (Å²) in [6.07, 6.45) is 0. The summed E-state index contributed by atoms with van der Waals surface area (Å²) in [6, 6.07) is 17.1. The van der Waals surface area contributed by atoms with Gasteiger partial charge in [0.25, 0.3) is 0 Å². The monoisotopic (exact) mass is 293 g/mol. The molecule has 6 heteroatoms. The standard InChI is InChI=1S/C16H15N5O/c1-12-7-5-6-10-14(12)16-18-20-21(19-16)11-15(22)17-13-8-3-2-4-9-13/h2-10H,11H2,1H3,(H,17,22). The number of hydrogen-bond donors (Lipinski definition) is 1. The van der Waals surface area contributed by atoms with E-state index in [0.717, 1.165) is 16.8 Å². The number of benzene rings is 2. The average molecular weight is 293 g/mol. The van der Waals surface area contributed by atoms with E-state index in [1.165, 1.54) is 4.80 Å². The molecule has 1 amide bonds. The van der Waals surface area contributed by atoms with E-state index in [1.807, 2.05) is 61.5 Å². The van der Waals surface area contributed by atoms with Crippen molar-refractivity contribution < 1.29 is 4.79 Å². The molecule has 0 atom stereocenters. The lowest BCUT2D eigenvalue weighted by Crippen LogP contribution is -2.20. The third kappa shape index (κ3) is 3.17. The highest BCUT2D eigenvalue weighted by atomic mass is 16.2. The van der Waals surface area contributed by atoms with Gasteiger partial charge in [-0.1, -0.05) is 42.5 Å². The van der Waals surface area contributed by atoms with E-state index in [9.17, 15) is 4.79 Å². The number of carbonyl (C=O) groups is 1. The van der Waals surface area contributed by atoms with E-state index in [4.69, 9.17) is 0 Å². The maximum Gasteiger partial charge on any atom is 0.248 e. The molecule has 1 heterocycles. The highest BCUT2D eigenvalue weighted by Gasteiger charge is 2.10. The van der Waals surface area contributed by atoms with Gasteiger partial charge in [0, 0.05) is 11.3 Å². The lowest BCUT2D eigenvalue weighted by Gasteiger charge is -2.03. The van der Waals surface area contributed by atoms with Crippen LogP contribution in [0.2, 0.25) is 0 Å². The van der Waals surface area contributed by atoms with Crippen molar-refractivity contribution in [2.24, 2.45) is 0 Å². The van der Waals surface area contributed by atoms with Crippen molar-refractivity contribution in [1.29, 1.82) is 0 Å². The second-order valence-corrected chi connectivity index (χ2v) is 4.87.